The highest BCUT2D eigenvalue weighted by molar-refractivity contribution is 6.00. The van der Waals surface area contributed by atoms with E-state index in [9.17, 15) is 9.59 Å². The first-order valence-electron chi connectivity index (χ1n) is 10.0. The van der Waals surface area contributed by atoms with Crippen LogP contribution in [-0.2, 0) is 28.5 Å². The van der Waals surface area contributed by atoms with Gasteiger partial charge in [-0.15, -0.1) is 0 Å². The van der Waals surface area contributed by atoms with Gasteiger partial charge < -0.3 is 29.2 Å². The van der Waals surface area contributed by atoms with Gasteiger partial charge in [-0.05, 0) is 18.6 Å². The van der Waals surface area contributed by atoms with Crippen molar-refractivity contribution in [2.24, 2.45) is 5.92 Å². The Balaban J connectivity index is 1.68. The van der Waals surface area contributed by atoms with Gasteiger partial charge in [-0.25, -0.2) is 0 Å². The third kappa shape index (κ3) is 4.29. The molecule has 1 aromatic carbocycles. The van der Waals surface area contributed by atoms with Gasteiger partial charge in [0, 0.05) is 24.6 Å². The number of hydrogen-bond donors (Lipinski definition) is 1. The zero-order valence-corrected chi connectivity index (χ0v) is 16.5. The Morgan fingerprint density at radius 2 is 1.90 bits per heavy atom. The minimum absolute atomic E-state index is 0.221. The maximum atomic E-state index is 12.9. The molecule has 0 aliphatic carbocycles. The van der Waals surface area contributed by atoms with Gasteiger partial charge in [-0.3, -0.25) is 9.59 Å². The van der Waals surface area contributed by atoms with E-state index in [1.807, 2.05) is 30.3 Å². The number of carbonyl (C=O) groups is 2. The molecular weight excluding hydrogens is 376 g/mol. The molecule has 2 saturated heterocycles. The first-order chi connectivity index (χ1) is 14.2. The number of ether oxygens (including phenoxy) is 4. The highest BCUT2D eigenvalue weighted by Crippen LogP contribution is 2.35. The summed E-state index contributed by atoms with van der Waals surface area (Å²) in [5.41, 5.74) is 1.72. The van der Waals surface area contributed by atoms with E-state index >= 15 is 0 Å². The fourth-order valence-electron chi connectivity index (χ4n) is 3.90. The van der Waals surface area contributed by atoms with Crippen LogP contribution in [0.5, 0.6) is 0 Å². The Morgan fingerprint density at radius 3 is 2.62 bits per heavy atom. The second-order valence-electron chi connectivity index (χ2n) is 7.14. The van der Waals surface area contributed by atoms with Crippen LogP contribution in [0.3, 0.4) is 0 Å². The third-order valence-electron chi connectivity index (χ3n) is 5.31. The van der Waals surface area contributed by atoms with Crippen molar-refractivity contribution in [1.29, 1.82) is 0 Å². The highest BCUT2D eigenvalue weighted by Gasteiger charge is 2.41. The molecule has 4 rings (SSSR count). The average molecular weight is 402 g/mol. The molecule has 156 valence electrons. The van der Waals surface area contributed by atoms with E-state index in [1.165, 1.54) is 0 Å². The Bertz CT molecular complexity index is 783. The van der Waals surface area contributed by atoms with E-state index in [0.29, 0.717) is 45.3 Å². The van der Waals surface area contributed by atoms with Crippen molar-refractivity contribution in [2.45, 2.75) is 19.1 Å². The topological polar surface area (TPSA) is 86.3 Å². The molecule has 8 heteroatoms. The molecule has 2 atom stereocenters. The lowest BCUT2D eigenvalue weighted by molar-refractivity contribution is -0.153. The maximum absolute atomic E-state index is 12.9. The number of carbonyl (C=O) groups excluding carboxylic acids is 2. The van der Waals surface area contributed by atoms with Crippen LogP contribution in [0.1, 0.15) is 30.3 Å². The summed E-state index contributed by atoms with van der Waals surface area (Å²) in [6, 6.07) is 7.68. The largest absolute Gasteiger partial charge is 0.465 e. The molecule has 0 radical (unpaired) electrons. The number of benzene rings is 1. The molecule has 0 spiro atoms. The van der Waals surface area contributed by atoms with Gasteiger partial charge in [-0.2, -0.15) is 0 Å². The number of allylic oxidation sites excluding steroid dienone is 1. The Hall–Kier alpha value is -2.42. The third-order valence-corrected chi connectivity index (χ3v) is 5.31. The fraction of sp³-hybridized carbons (Fsp3) is 0.524. The summed E-state index contributed by atoms with van der Waals surface area (Å²) >= 11 is 0. The fourth-order valence-corrected chi connectivity index (χ4v) is 3.90. The van der Waals surface area contributed by atoms with Gasteiger partial charge in [-0.1, -0.05) is 24.3 Å². The van der Waals surface area contributed by atoms with Crippen molar-refractivity contribution >= 4 is 11.9 Å². The quantitative estimate of drug-likeness (QED) is 0.587. The second kappa shape index (κ2) is 8.94. The summed E-state index contributed by atoms with van der Waals surface area (Å²) in [6.45, 7) is 5.63. The first-order valence-corrected chi connectivity index (χ1v) is 10.0. The molecular formula is C21H26N2O6. The summed E-state index contributed by atoms with van der Waals surface area (Å²) in [6.07, 6.45) is 1.53. The van der Waals surface area contributed by atoms with E-state index in [2.05, 4.69) is 10.2 Å². The average Bonchev–Trinajstić information content (AvgIpc) is 3.29. The number of rotatable bonds is 5. The lowest BCUT2D eigenvalue weighted by Crippen LogP contribution is -2.49. The minimum Gasteiger partial charge on any atom is -0.465 e. The SMILES string of the molecule is CCOC(=O)C1C(=O)NC(N2CCOCC2)=CC1c1cccc(C2OCCO2)c1. The second-order valence-corrected chi connectivity index (χ2v) is 7.14. The summed E-state index contributed by atoms with van der Waals surface area (Å²) < 4.78 is 21.8. The highest BCUT2D eigenvalue weighted by atomic mass is 16.7. The molecule has 1 aromatic rings. The van der Waals surface area contributed by atoms with Gasteiger partial charge in [0.15, 0.2) is 6.29 Å². The smallest absolute Gasteiger partial charge is 0.319 e. The van der Waals surface area contributed by atoms with E-state index in [0.717, 1.165) is 11.1 Å². The van der Waals surface area contributed by atoms with Crippen molar-refractivity contribution in [1.82, 2.24) is 10.2 Å². The Labute approximate surface area is 169 Å². The molecule has 0 bridgehead atoms. The number of morpholine rings is 1. The molecule has 29 heavy (non-hydrogen) atoms. The molecule has 8 nitrogen and oxygen atoms in total. The standard InChI is InChI=1S/C21H26N2O6/c1-2-27-20(25)18-16(13-17(22-19(18)24)23-6-8-26-9-7-23)14-4-3-5-15(12-14)21-28-10-11-29-21/h3-5,12-13,16,18,21H,2,6-11H2,1H3,(H,22,24). The Morgan fingerprint density at radius 1 is 1.17 bits per heavy atom. The van der Waals surface area contributed by atoms with E-state index in [4.69, 9.17) is 18.9 Å². The number of nitrogens with one attached hydrogen (secondary N) is 1. The van der Waals surface area contributed by atoms with Crippen LogP contribution in [-0.4, -0.2) is 62.9 Å². The van der Waals surface area contributed by atoms with E-state index < -0.39 is 24.1 Å². The first kappa shape index (κ1) is 19.9. The zero-order chi connectivity index (χ0) is 20.2. The normalized spacial score (nSPS) is 25.5. The molecule has 0 aromatic heterocycles. The van der Waals surface area contributed by atoms with Crippen LogP contribution in [0.15, 0.2) is 36.2 Å². The number of esters is 1. The van der Waals surface area contributed by atoms with Crippen molar-refractivity contribution in [3.05, 3.63) is 47.3 Å². The minimum atomic E-state index is -0.944. The van der Waals surface area contributed by atoms with Gasteiger partial charge >= 0.3 is 5.97 Å². The van der Waals surface area contributed by atoms with Crippen molar-refractivity contribution in [3.8, 4) is 0 Å². The van der Waals surface area contributed by atoms with Crippen LogP contribution < -0.4 is 5.32 Å². The van der Waals surface area contributed by atoms with Crippen molar-refractivity contribution in [2.75, 3.05) is 46.1 Å². The summed E-state index contributed by atoms with van der Waals surface area (Å²) in [5, 5.41) is 2.89. The molecule has 0 saturated carbocycles. The number of amides is 1. The lowest BCUT2D eigenvalue weighted by Gasteiger charge is -2.36. The van der Waals surface area contributed by atoms with Crippen LogP contribution in [0.25, 0.3) is 0 Å². The van der Waals surface area contributed by atoms with E-state index in [1.54, 1.807) is 6.92 Å². The summed E-state index contributed by atoms with van der Waals surface area (Å²) in [7, 11) is 0. The van der Waals surface area contributed by atoms with Gasteiger partial charge in [0.1, 0.15) is 11.7 Å². The number of hydrogen-bond acceptors (Lipinski definition) is 7. The van der Waals surface area contributed by atoms with Gasteiger partial charge in [0.05, 0.1) is 33.0 Å². The summed E-state index contributed by atoms with van der Waals surface area (Å²) in [5.74, 6) is -1.55. The molecule has 1 amide bonds. The Kier molecular flexibility index (Phi) is 6.13. The zero-order valence-electron chi connectivity index (χ0n) is 16.5. The van der Waals surface area contributed by atoms with Crippen LogP contribution >= 0.6 is 0 Å². The number of nitrogens with zero attached hydrogens (tertiary/aromatic N) is 1. The molecule has 2 unspecified atom stereocenters. The molecule has 1 N–H and O–H groups in total. The molecule has 3 aliphatic rings. The lowest BCUT2D eigenvalue weighted by atomic mass is 9.82. The monoisotopic (exact) mass is 402 g/mol. The van der Waals surface area contributed by atoms with Gasteiger partial charge in [0.2, 0.25) is 5.91 Å². The maximum Gasteiger partial charge on any atom is 0.319 e. The van der Waals surface area contributed by atoms with Crippen LogP contribution in [0.4, 0.5) is 0 Å². The van der Waals surface area contributed by atoms with Gasteiger partial charge in [0.25, 0.3) is 0 Å². The predicted molar refractivity (Wildman–Crippen MR) is 103 cm³/mol. The van der Waals surface area contributed by atoms with Crippen LogP contribution in [0, 0.1) is 5.92 Å². The van der Waals surface area contributed by atoms with E-state index in [-0.39, 0.29) is 12.5 Å². The molecule has 3 heterocycles. The van der Waals surface area contributed by atoms with Crippen molar-refractivity contribution in [3.63, 3.8) is 0 Å². The summed E-state index contributed by atoms with van der Waals surface area (Å²) in [4.78, 5) is 27.6. The van der Waals surface area contributed by atoms with Crippen molar-refractivity contribution < 1.29 is 28.5 Å². The predicted octanol–water partition coefficient (Wildman–Crippen LogP) is 1.30. The van der Waals surface area contributed by atoms with Crippen LogP contribution in [0.2, 0.25) is 0 Å². The molecule has 3 aliphatic heterocycles. The molecule has 2 fully saturated rings.